The quantitative estimate of drug-likeness (QED) is 0.219. The average molecular weight is 514 g/mol. The summed E-state index contributed by atoms with van der Waals surface area (Å²) < 4.78 is 59.9. The largest absolute Gasteiger partial charge is 0.490 e. The van der Waals surface area contributed by atoms with E-state index in [2.05, 4.69) is 9.71 Å². The summed E-state index contributed by atoms with van der Waals surface area (Å²) in [6.07, 6.45) is -2.26. The predicted molar refractivity (Wildman–Crippen MR) is 112 cm³/mol. The molecule has 0 aliphatic rings. The zero-order valence-corrected chi connectivity index (χ0v) is 18.5. The number of nitrogens with two attached hydrogens (primary N) is 1. The molecule has 2 aromatic rings. The molecule has 1 aromatic heterocycles. The number of hydrogen-bond donors (Lipinski definition) is 5. The van der Waals surface area contributed by atoms with Gasteiger partial charge in [-0.1, -0.05) is 19.9 Å². The van der Waals surface area contributed by atoms with Crippen molar-refractivity contribution in [2.75, 3.05) is 4.42 Å². The number of pyridine rings is 1. The summed E-state index contributed by atoms with van der Waals surface area (Å²) in [7, 11) is -4.06. The second-order valence-electron chi connectivity index (χ2n) is 6.69. The lowest BCUT2D eigenvalue weighted by Crippen LogP contribution is -2.44. The van der Waals surface area contributed by atoms with Crippen molar-refractivity contribution in [2.45, 2.75) is 31.0 Å². The Morgan fingerprint density at radius 1 is 1.24 bits per heavy atom. The number of guanidine groups is 1. The van der Waals surface area contributed by atoms with Gasteiger partial charge >= 0.3 is 18.1 Å². The molecule has 0 aliphatic carbocycles. The van der Waals surface area contributed by atoms with Gasteiger partial charge in [0.05, 0.1) is 16.8 Å². The first kappa shape index (κ1) is 27.9. The summed E-state index contributed by atoms with van der Waals surface area (Å²) >= 11 is 5.94. The number of nitrogens with zero attached hydrogens (tertiary/aromatic N) is 2. The van der Waals surface area contributed by atoms with Gasteiger partial charge in [-0.15, -0.1) is 0 Å². The molecule has 0 spiro atoms. The molecule has 1 aromatic carbocycles. The van der Waals surface area contributed by atoms with Crippen molar-refractivity contribution in [3.05, 3.63) is 30.6 Å². The number of benzene rings is 1. The van der Waals surface area contributed by atoms with Gasteiger partial charge in [-0.2, -0.15) is 17.9 Å². The van der Waals surface area contributed by atoms with E-state index in [1.807, 2.05) is 0 Å². The maximum absolute atomic E-state index is 12.5. The minimum absolute atomic E-state index is 0.111. The fraction of sp³-hybridized carbons (Fsp3) is 0.294. The van der Waals surface area contributed by atoms with Crippen LogP contribution in [-0.2, 0) is 19.6 Å². The zero-order valence-electron chi connectivity index (χ0n) is 17.0. The number of sulfonamides is 1. The number of anilines is 1. The first-order valence-corrected chi connectivity index (χ1v) is 10.5. The molecule has 0 radical (unpaired) electrons. The Morgan fingerprint density at radius 3 is 2.21 bits per heavy atom. The Morgan fingerprint density at radius 2 is 1.79 bits per heavy atom. The van der Waals surface area contributed by atoms with Crippen LogP contribution in [0.15, 0.2) is 35.5 Å². The van der Waals surface area contributed by atoms with E-state index in [9.17, 15) is 31.5 Å². The number of halogens is 4. The smallest absolute Gasteiger partial charge is 0.480 e. The van der Waals surface area contributed by atoms with E-state index >= 15 is 0 Å². The number of aliphatic carboxylic acids is 2. The number of carboxylic acid groups (broad SMARTS) is 2. The van der Waals surface area contributed by atoms with Crippen molar-refractivity contribution in [3.63, 3.8) is 0 Å². The number of fused-ring (bicyclic) bond motifs is 1. The molecule has 1 atom stereocenters. The SMILES string of the molecule is CC(C)[C@H](NS(=O)(=O)c1ccc2c(N(Cl)C(=N)N)cncc2c1)C(=O)O.O=C(O)C(F)(F)F. The molecule has 6 N–H and O–H groups in total. The van der Waals surface area contributed by atoms with Crippen molar-refractivity contribution in [2.24, 2.45) is 11.7 Å². The normalized spacial score (nSPS) is 12.6. The highest BCUT2D eigenvalue weighted by Gasteiger charge is 2.38. The summed E-state index contributed by atoms with van der Waals surface area (Å²) in [6.45, 7) is 3.21. The first-order chi connectivity index (χ1) is 15.0. The summed E-state index contributed by atoms with van der Waals surface area (Å²) in [6, 6.07) is 2.90. The van der Waals surface area contributed by atoms with E-state index in [0.717, 1.165) is 4.42 Å². The molecule has 0 saturated carbocycles. The average Bonchev–Trinajstić information content (AvgIpc) is 2.69. The highest BCUT2D eigenvalue weighted by molar-refractivity contribution is 7.89. The van der Waals surface area contributed by atoms with Gasteiger partial charge in [0.15, 0.2) is 0 Å². The summed E-state index contributed by atoms with van der Waals surface area (Å²) in [5.41, 5.74) is 5.68. The minimum atomic E-state index is -5.08. The molecule has 33 heavy (non-hydrogen) atoms. The molecule has 0 unspecified atom stereocenters. The van der Waals surface area contributed by atoms with Crippen LogP contribution >= 0.6 is 11.8 Å². The van der Waals surface area contributed by atoms with Crippen molar-refractivity contribution < 1.29 is 41.4 Å². The van der Waals surface area contributed by atoms with Gasteiger partial charge in [0.25, 0.3) is 0 Å². The molecular weight excluding hydrogens is 495 g/mol. The van der Waals surface area contributed by atoms with Crippen molar-refractivity contribution in [1.82, 2.24) is 9.71 Å². The second-order valence-corrected chi connectivity index (χ2v) is 8.74. The lowest BCUT2D eigenvalue weighted by Gasteiger charge is -2.18. The van der Waals surface area contributed by atoms with Crippen LogP contribution in [0.4, 0.5) is 18.9 Å². The molecular formula is C17H19ClF3N5O6S. The third kappa shape index (κ3) is 7.44. The molecule has 0 amide bonds. The third-order valence-corrected chi connectivity index (χ3v) is 5.70. The van der Waals surface area contributed by atoms with Gasteiger partial charge in [0.1, 0.15) is 6.04 Å². The molecule has 0 aliphatic heterocycles. The summed E-state index contributed by atoms with van der Waals surface area (Å²) in [5, 5.41) is 24.7. The van der Waals surface area contributed by atoms with Crippen LogP contribution in [0.3, 0.4) is 0 Å². The maximum atomic E-state index is 12.5. The van der Waals surface area contributed by atoms with Crippen LogP contribution in [0, 0.1) is 11.3 Å². The Hall–Kier alpha value is -3.17. The van der Waals surface area contributed by atoms with E-state index in [-0.39, 0.29) is 4.90 Å². The van der Waals surface area contributed by atoms with E-state index in [1.165, 1.54) is 30.6 Å². The van der Waals surface area contributed by atoms with E-state index in [0.29, 0.717) is 16.5 Å². The Balaban J connectivity index is 0.000000675. The van der Waals surface area contributed by atoms with Crippen LogP contribution in [0.1, 0.15) is 13.8 Å². The number of hydrogen-bond acceptors (Lipinski definition) is 6. The van der Waals surface area contributed by atoms with Crippen LogP contribution in [0.25, 0.3) is 10.8 Å². The third-order valence-electron chi connectivity index (χ3n) is 3.90. The molecule has 0 fully saturated rings. The second kappa shape index (κ2) is 10.6. The highest BCUT2D eigenvalue weighted by Crippen LogP contribution is 2.28. The minimum Gasteiger partial charge on any atom is -0.480 e. The molecule has 11 nitrogen and oxygen atoms in total. The van der Waals surface area contributed by atoms with E-state index in [1.54, 1.807) is 13.8 Å². The monoisotopic (exact) mass is 513 g/mol. The van der Waals surface area contributed by atoms with Gasteiger partial charge in [-0.3, -0.25) is 15.2 Å². The standard InChI is InChI=1S/C15H18ClN5O4S.C2HF3O2/c1-8(2)13(14(22)23)20-26(24,25)10-3-4-11-9(5-10)6-19-7-12(11)21(16)15(17)18;3-2(4,5)1(6)7/h3-8,13,20H,1-2H3,(H3,17,18)(H,22,23);(H,6,7)/t13-;/m0./s1. The van der Waals surface area contributed by atoms with Crippen LogP contribution in [-0.4, -0.2) is 53.7 Å². The van der Waals surface area contributed by atoms with Gasteiger partial charge in [0.2, 0.25) is 16.0 Å². The summed E-state index contributed by atoms with van der Waals surface area (Å²) in [4.78, 5) is 24.0. The fourth-order valence-corrected chi connectivity index (χ4v) is 3.81. The van der Waals surface area contributed by atoms with Crippen molar-refractivity contribution in [1.29, 1.82) is 5.41 Å². The zero-order chi connectivity index (χ0) is 25.7. The van der Waals surface area contributed by atoms with Gasteiger partial charge in [-0.05, 0) is 18.1 Å². The van der Waals surface area contributed by atoms with Crippen LogP contribution in [0.5, 0.6) is 0 Å². The lowest BCUT2D eigenvalue weighted by atomic mass is 10.1. The molecule has 0 bridgehead atoms. The Kier molecular flexibility index (Phi) is 8.98. The van der Waals surface area contributed by atoms with Crippen LogP contribution < -0.4 is 14.9 Å². The first-order valence-electron chi connectivity index (χ1n) is 8.72. The summed E-state index contributed by atoms with van der Waals surface area (Å²) in [5.74, 6) is -4.86. The Bertz CT molecular complexity index is 1160. The van der Waals surface area contributed by atoms with Gasteiger partial charge in [0, 0.05) is 28.7 Å². The number of alkyl halides is 3. The number of carboxylic acids is 2. The number of carbonyl (C=O) groups is 2. The maximum Gasteiger partial charge on any atom is 0.490 e. The van der Waals surface area contributed by atoms with E-state index in [4.69, 9.17) is 32.8 Å². The molecule has 16 heteroatoms. The fourth-order valence-electron chi connectivity index (χ4n) is 2.30. The lowest BCUT2D eigenvalue weighted by molar-refractivity contribution is -0.192. The van der Waals surface area contributed by atoms with Crippen LogP contribution in [0.2, 0.25) is 0 Å². The molecule has 0 saturated heterocycles. The molecule has 182 valence electrons. The predicted octanol–water partition coefficient (Wildman–Crippen LogP) is 2.11. The van der Waals surface area contributed by atoms with Gasteiger partial charge in [-0.25, -0.2) is 17.6 Å². The van der Waals surface area contributed by atoms with Crippen molar-refractivity contribution >= 4 is 56.2 Å². The topological polar surface area (TPSA) is 187 Å². The van der Waals surface area contributed by atoms with Gasteiger partial charge < -0.3 is 15.9 Å². The van der Waals surface area contributed by atoms with Crippen molar-refractivity contribution in [3.8, 4) is 0 Å². The number of aromatic nitrogens is 1. The molecule has 2 rings (SSSR count). The number of nitrogens with one attached hydrogen (secondary N) is 2. The van der Waals surface area contributed by atoms with E-state index < -0.39 is 46.1 Å². The highest BCUT2D eigenvalue weighted by atomic mass is 35.5. The number of rotatable bonds is 6. The Labute approximate surface area is 190 Å². The molecule has 1 heterocycles.